The zero-order chi connectivity index (χ0) is 59.5. The van der Waals surface area contributed by atoms with Gasteiger partial charge in [0.25, 0.3) is 0 Å². The van der Waals surface area contributed by atoms with Crippen LogP contribution >= 0.6 is 0 Å². The normalized spacial score (nSPS) is 12.7. The lowest BCUT2D eigenvalue weighted by Crippen LogP contribution is -2.42. The van der Waals surface area contributed by atoms with Crippen molar-refractivity contribution in [1.82, 2.24) is 39.9 Å². The monoisotopic (exact) mass is 1230 g/mol. The van der Waals surface area contributed by atoms with Crippen LogP contribution in [0.15, 0.2) is 72.8 Å². The second-order valence-electron chi connectivity index (χ2n) is 19.4. The Balaban J connectivity index is 1.20. The van der Waals surface area contributed by atoms with E-state index < -0.39 is 35.2 Å². The molecule has 7 aromatic rings. The van der Waals surface area contributed by atoms with E-state index in [1.807, 2.05) is 72.8 Å². The van der Waals surface area contributed by atoms with Gasteiger partial charge in [0.2, 0.25) is 0 Å². The molecule has 28 heteroatoms. The minimum atomic E-state index is -2.82. The van der Waals surface area contributed by atoms with Crippen LogP contribution in [0.25, 0.3) is 89.7 Å². The SMILES string of the molecule is CO[Si](CCCOc1ccc2c(c1)-c1nc-2nc2[nH]c(nc3nc(nc4[nH]c(n1)c1ccc(OCCC[Si](OC)(OC)OC)cc41)-c1ccc(OCCC[Si](OC)(OC)OC)cc1-3)c1ccc(OCCC[Si](OC)(OC)OC)cc21)(OC)OC. The van der Waals surface area contributed by atoms with Gasteiger partial charge in [0.05, 0.1) is 26.4 Å². The summed E-state index contributed by atoms with van der Waals surface area (Å²) in [4.78, 5) is 38.6. The molecule has 0 atom stereocenters. The van der Waals surface area contributed by atoms with Crippen LogP contribution in [0, 0.1) is 0 Å². The van der Waals surface area contributed by atoms with Crippen molar-refractivity contribution < 1.29 is 72.1 Å². The highest BCUT2D eigenvalue weighted by atomic mass is 28.4. The number of aromatic amines is 2. The number of aromatic nitrogens is 8. The Kier molecular flexibility index (Phi) is 20.7. The molecule has 2 N–H and O–H groups in total. The van der Waals surface area contributed by atoms with Crippen LogP contribution in [0.2, 0.25) is 24.2 Å². The highest BCUT2D eigenvalue weighted by Crippen LogP contribution is 2.41. The molecule has 4 aromatic carbocycles. The Hall–Kier alpha value is -6.17. The van der Waals surface area contributed by atoms with E-state index in [0.717, 1.165) is 32.7 Å². The van der Waals surface area contributed by atoms with Crippen molar-refractivity contribution in [2.75, 3.05) is 112 Å². The number of hydrogen-bond acceptors (Lipinski definition) is 22. The number of ether oxygens (including phenoxy) is 4. The van der Waals surface area contributed by atoms with E-state index in [1.165, 1.54) is 0 Å². The first-order valence-corrected chi connectivity index (χ1v) is 35.1. The molecule has 2 aliphatic heterocycles. The summed E-state index contributed by atoms with van der Waals surface area (Å²) in [7, 11) is 7.94. The van der Waals surface area contributed by atoms with Crippen molar-refractivity contribution in [3.8, 4) is 68.5 Å². The summed E-state index contributed by atoms with van der Waals surface area (Å²) in [6, 6.07) is 25.4. The molecule has 0 saturated carbocycles. The average Bonchev–Trinajstić information content (AvgIpc) is 2.68. The molecule has 3 aromatic heterocycles. The fraction of sp³-hybridized carbons (Fsp3) is 0.429. The van der Waals surface area contributed by atoms with Gasteiger partial charge in [-0.05, 0) is 98.5 Å². The smallest absolute Gasteiger partial charge is 0.494 e. The number of H-pyrrole nitrogens is 2. The Morgan fingerprint density at radius 1 is 0.286 bits per heavy atom. The Labute approximate surface area is 492 Å². The molecular formula is C56H74N8O16Si4. The number of rotatable bonds is 32. The molecule has 450 valence electrons. The zero-order valence-electron chi connectivity index (χ0n) is 49.6. The lowest BCUT2D eigenvalue weighted by Gasteiger charge is -2.24. The first kappa shape index (κ1) is 62.4. The van der Waals surface area contributed by atoms with E-state index in [1.54, 1.807) is 85.3 Å². The highest BCUT2D eigenvalue weighted by Gasteiger charge is 2.40. The molecule has 0 fully saturated rings. The molecule has 0 radical (unpaired) electrons. The minimum Gasteiger partial charge on any atom is -0.494 e. The van der Waals surface area contributed by atoms with Gasteiger partial charge in [0, 0.05) is 153 Å². The van der Waals surface area contributed by atoms with E-state index in [2.05, 4.69) is 9.97 Å². The zero-order valence-corrected chi connectivity index (χ0v) is 53.6. The second-order valence-corrected chi connectivity index (χ2v) is 31.8. The van der Waals surface area contributed by atoms with Gasteiger partial charge in [0.15, 0.2) is 23.3 Å². The highest BCUT2D eigenvalue weighted by molar-refractivity contribution is 6.61. The van der Waals surface area contributed by atoms with Crippen molar-refractivity contribution >= 4 is 79.4 Å². The Morgan fingerprint density at radius 3 is 0.821 bits per heavy atom. The number of benzene rings is 4. The third-order valence-electron chi connectivity index (χ3n) is 15.0. The lowest BCUT2D eigenvalue weighted by molar-refractivity contribution is 0.120. The molecular weight excluding hydrogens is 1150 g/mol. The van der Waals surface area contributed by atoms with E-state index >= 15 is 0 Å². The molecule has 0 amide bonds. The van der Waals surface area contributed by atoms with Crippen molar-refractivity contribution in [2.24, 2.45) is 0 Å². The van der Waals surface area contributed by atoms with Crippen LogP contribution < -0.4 is 18.9 Å². The van der Waals surface area contributed by atoms with Crippen LogP contribution in [0.4, 0.5) is 0 Å². The molecule has 84 heavy (non-hydrogen) atoms. The standard InChI is InChI=1S/C56H74N8O16Si4/c1-65-81(66-2,67-3)29-13-25-77-37-17-21-41-45(33-37)53-57-49(41)62-54-47-35-39(79-27-15-31-83(71-7,72-8)73-9)19-23-43(47)51(59-54)64-56-48-36-40(80-28-16-32-84(74-10,75-11)76-12)20-24-44(48)52(60-56)63-55-46-34-38(18-22-42(46)50(58-55)61-53)78-26-14-30-82(68-4,69-5)70-6/h17-24,33-36H,13-16,25-32H2,1-12H3,(H2,57,58,59,60,61,62,63,64). The van der Waals surface area contributed by atoms with Gasteiger partial charge in [-0.3, -0.25) is 0 Å². The van der Waals surface area contributed by atoms with E-state index in [0.29, 0.717) is 156 Å². The molecule has 2 aliphatic rings. The third-order valence-corrected chi connectivity index (χ3v) is 26.4. The molecule has 8 bridgehead atoms. The van der Waals surface area contributed by atoms with Crippen molar-refractivity contribution in [2.45, 2.75) is 49.9 Å². The van der Waals surface area contributed by atoms with E-state index in [9.17, 15) is 0 Å². The molecule has 0 spiro atoms. The van der Waals surface area contributed by atoms with Crippen molar-refractivity contribution in [3.63, 3.8) is 0 Å². The summed E-state index contributed by atoms with van der Waals surface area (Å²) in [6.45, 7) is 1.50. The number of nitrogens with zero attached hydrogens (tertiary/aromatic N) is 6. The first-order chi connectivity index (χ1) is 40.8. The molecule has 24 nitrogen and oxygen atoms in total. The summed E-state index contributed by atoms with van der Waals surface area (Å²) in [6.07, 6.45) is 2.50. The van der Waals surface area contributed by atoms with Crippen molar-refractivity contribution in [1.29, 1.82) is 0 Å². The van der Waals surface area contributed by atoms with Gasteiger partial charge in [-0.25, -0.2) is 29.9 Å². The van der Waals surface area contributed by atoms with Crippen LogP contribution in [-0.2, 0) is 53.1 Å². The third kappa shape index (κ3) is 13.4. The van der Waals surface area contributed by atoms with Gasteiger partial charge < -0.3 is 82.0 Å². The second kappa shape index (κ2) is 27.9. The predicted molar refractivity (Wildman–Crippen MR) is 323 cm³/mol. The maximum absolute atomic E-state index is 6.38. The maximum atomic E-state index is 6.38. The summed E-state index contributed by atoms with van der Waals surface area (Å²) < 4.78 is 93.4. The van der Waals surface area contributed by atoms with Gasteiger partial charge in [-0.1, -0.05) is 0 Å². The summed E-state index contributed by atoms with van der Waals surface area (Å²) in [5, 5.41) is 2.96. The molecule has 5 heterocycles. The van der Waals surface area contributed by atoms with Crippen LogP contribution in [0.5, 0.6) is 23.0 Å². The number of fused-ring (bicyclic) bond motifs is 20. The quantitative estimate of drug-likeness (QED) is 0.0294. The van der Waals surface area contributed by atoms with Gasteiger partial charge in [0.1, 0.15) is 45.6 Å². The van der Waals surface area contributed by atoms with Gasteiger partial charge in [-0.15, -0.1) is 0 Å². The fourth-order valence-electron chi connectivity index (χ4n) is 10.2. The first-order valence-electron chi connectivity index (χ1n) is 27.4. The van der Waals surface area contributed by atoms with Crippen LogP contribution in [0.1, 0.15) is 25.7 Å². The minimum absolute atomic E-state index is 0.374. The number of hydrogen-bond donors (Lipinski definition) is 2. The summed E-state index contributed by atoms with van der Waals surface area (Å²) in [5.74, 6) is 4.04. The fourth-order valence-corrected chi connectivity index (χ4v) is 17.0. The molecule has 0 unspecified atom stereocenters. The Morgan fingerprint density at radius 2 is 0.536 bits per heavy atom. The lowest BCUT2D eigenvalue weighted by atomic mass is 10.1. The summed E-state index contributed by atoms with van der Waals surface area (Å²) >= 11 is 0. The number of nitrogens with one attached hydrogen (secondary N) is 2. The van der Waals surface area contributed by atoms with Crippen LogP contribution in [0.3, 0.4) is 0 Å². The van der Waals surface area contributed by atoms with Crippen molar-refractivity contribution in [3.05, 3.63) is 72.8 Å². The van der Waals surface area contributed by atoms with E-state index in [4.69, 9.17) is 102 Å². The molecule has 0 aliphatic carbocycles. The predicted octanol–water partition coefficient (Wildman–Crippen LogP) is 9.46. The van der Waals surface area contributed by atoms with Crippen LogP contribution in [-0.4, -0.2) is 187 Å². The summed E-state index contributed by atoms with van der Waals surface area (Å²) in [5.41, 5.74) is 4.79. The largest absolute Gasteiger partial charge is 0.500 e. The Bertz CT molecular complexity index is 3300. The van der Waals surface area contributed by atoms with Gasteiger partial charge >= 0.3 is 35.2 Å². The topological polar surface area (TPSA) is 257 Å². The molecule has 9 rings (SSSR count). The average molecular weight is 1230 g/mol. The van der Waals surface area contributed by atoms with E-state index in [-0.39, 0.29) is 0 Å². The molecule has 0 saturated heterocycles. The maximum Gasteiger partial charge on any atom is 0.500 e. The van der Waals surface area contributed by atoms with Gasteiger partial charge in [-0.2, -0.15) is 0 Å².